The molecule has 0 bridgehead atoms. The molecule has 2 nitrogen and oxygen atoms in total. The lowest BCUT2D eigenvalue weighted by Gasteiger charge is -2.05. The number of benzene rings is 1. The summed E-state index contributed by atoms with van der Waals surface area (Å²) in [5.74, 6) is 0. The summed E-state index contributed by atoms with van der Waals surface area (Å²) < 4.78 is 0. The van der Waals surface area contributed by atoms with E-state index < -0.39 is 0 Å². The van der Waals surface area contributed by atoms with Crippen LogP contribution in [0, 0.1) is 0 Å². The van der Waals surface area contributed by atoms with Crippen LogP contribution in [0.2, 0.25) is 0 Å². The Labute approximate surface area is 83.2 Å². The molecule has 0 aliphatic carbocycles. The average Bonchev–Trinajstić information content (AvgIpc) is 2.17. The second-order valence-electron chi connectivity index (χ2n) is 3.58. The highest BCUT2D eigenvalue weighted by Crippen LogP contribution is 2.14. The molecular formula is C12H13NO. The van der Waals surface area contributed by atoms with Gasteiger partial charge in [0.15, 0.2) is 0 Å². The van der Waals surface area contributed by atoms with Gasteiger partial charge >= 0.3 is 0 Å². The van der Waals surface area contributed by atoms with Gasteiger partial charge in [-0.3, -0.25) is 4.98 Å². The fourth-order valence-corrected chi connectivity index (χ4v) is 1.59. The summed E-state index contributed by atoms with van der Waals surface area (Å²) in [6.45, 7) is 1.80. The van der Waals surface area contributed by atoms with Gasteiger partial charge in [0.25, 0.3) is 0 Å². The molecule has 0 unspecified atom stereocenters. The zero-order valence-electron chi connectivity index (χ0n) is 8.14. The molecule has 1 N–H and O–H groups in total. The highest BCUT2D eigenvalue weighted by molar-refractivity contribution is 5.78. The van der Waals surface area contributed by atoms with E-state index in [0.29, 0.717) is 6.42 Å². The van der Waals surface area contributed by atoms with Crippen molar-refractivity contribution in [2.45, 2.75) is 19.4 Å². The standard InChI is InChI=1S/C12H13NO/c1-9(14)7-10-4-5-12-11(8-10)3-2-6-13-12/h2-6,8-9,14H,7H2,1H3/t9-/m0/s1. The molecule has 0 aliphatic rings. The maximum atomic E-state index is 9.26. The molecule has 1 aromatic carbocycles. The number of aliphatic hydroxyl groups is 1. The van der Waals surface area contributed by atoms with E-state index in [4.69, 9.17) is 0 Å². The number of rotatable bonds is 2. The van der Waals surface area contributed by atoms with E-state index >= 15 is 0 Å². The largest absolute Gasteiger partial charge is 0.393 e. The molecule has 14 heavy (non-hydrogen) atoms. The van der Waals surface area contributed by atoms with Crippen LogP contribution in [0.5, 0.6) is 0 Å². The molecule has 0 radical (unpaired) electrons. The van der Waals surface area contributed by atoms with Crippen LogP contribution in [0.4, 0.5) is 0 Å². The summed E-state index contributed by atoms with van der Waals surface area (Å²) in [5.41, 5.74) is 2.15. The molecule has 72 valence electrons. The van der Waals surface area contributed by atoms with Crippen LogP contribution in [-0.4, -0.2) is 16.2 Å². The van der Waals surface area contributed by atoms with Gasteiger partial charge in [-0.25, -0.2) is 0 Å². The van der Waals surface area contributed by atoms with Crippen molar-refractivity contribution in [3.8, 4) is 0 Å². The number of aromatic nitrogens is 1. The maximum Gasteiger partial charge on any atom is 0.0702 e. The monoisotopic (exact) mass is 187 g/mol. The average molecular weight is 187 g/mol. The second kappa shape index (κ2) is 3.76. The highest BCUT2D eigenvalue weighted by Gasteiger charge is 2.00. The topological polar surface area (TPSA) is 33.1 Å². The van der Waals surface area contributed by atoms with Crippen LogP contribution in [-0.2, 0) is 6.42 Å². The number of hydrogen-bond donors (Lipinski definition) is 1. The van der Waals surface area contributed by atoms with Gasteiger partial charge in [0.2, 0.25) is 0 Å². The molecule has 2 aromatic rings. The molecule has 0 saturated heterocycles. The molecule has 1 heterocycles. The molecule has 0 fully saturated rings. The van der Waals surface area contributed by atoms with E-state index in [1.54, 1.807) is 13.1 Å². The van der Waals surface area contributed by atoms with Crippen LogP contribution in [0.3, 0.4) is 0 Å². The molecule has 1 aromatic heterocycles. The summed E-state index contributed by atoms with van der Waals surface area (Å²) in [5, 5.41) is 10.4. The normalized spacial score (nSPS) is 13.0. The predicted molar refractivity (Wildman–Crippen MR) is 57.1 cm³/mol. The van der Waals surface area contributed by atoms with Crippen LogP contribution < -0.4 is 0 Å². The lowest BCUT2D eigenvalue weighted by molar-refractivity contribution is 0.195. The molecular weight excluding hydrogens is 174 g/mol. The Hall–Kier alpha value is -1.41. The zero-order chi connectivity index (χ0) is 9.97. The lowest BCUT2D eigenvalue weighted by Crippen LogP contribution is -2.03. The van der Waals surface area contributed by atoms with Gasteiger partial charge in [0, 0.05) is 11.6 Å². The zero-order valence-corrected chi connectivity index (χ0v) is 8.14. The quantitative estimate of drug-likeness (QED) is 0.781. The van der Waals surface area contributed by atoms with E-state index in [1.165, 1.54) is 0 Å². The summed E-state index contributed by atoms with van der Waals surface area (Å²) >= 11 is 0. The fourth-order valence-electron chi connectivity index (χ4n) is 1.59. The Balaban J connectivity index is 2.41. The minimum atomic E-state index is -0.288. The maximum absolute atomic E-state index is 9.26. The first-order valence-electron chi connectivity index (χ1n) is 4.77. The summed E-state index contributed by atoms with van der Waals surface area (Å²) in [4.78, 5) is 4.24. The van der Waals surface area contributed by atoms with E-state index in [1.807, 2.05) is 24.3 Å². The number of nitrogens with zero attached hydrogens (tertiary/aromatic N) is 1. The predicted octanol–water partition coefficient (Wildman–Crippen LogP) is 2.16. The van der Waals surface area contributed by atoms with Gasteiger partial charge in [0.05, 0.1) is 11.6 Å². The number of hydrogen-bond acceptors (Lipinski definition) is 2. The minimum Gasteiger partial charge on any atom is -0.393 e. The van der Waals surface area contributed by atoms with Gasteiger partial charge in [-0.15, -0.1) is 0 Å². The summed E-state index contributed by atoms with van der Waals surface area (Å²) in [7, 11) is 0. The van der Waals surface area contributed by atoms with Crippen molar-refractivity contribution >= 4 is 10.9 Å². The third-order valence-electron chi connectivity index (χ3n) is 2.20. The van der Waals surface area contributed by atoms with E-state index in [2.05, 4.69) is 11.1 Å². The van der Waals surface area contributed by atoms with Crippen molar-refractivity contribution in [2.75, 3.05) is 0 Å². The minimum absolute atomic E-state index is 0.288. The third kappa shape index (κ3) is 1.91. The smallest absolute Gasteiger partial charge is 0.0702 e. The molecule has 0 saturated carbocycles. The molecule has 0 aliphatic heterocycles. The van der Waals surface area contributed by atoms with Crippen LogP contribution >= 0.6 is 0 Å². The SMILES string of the molecule is C[C@H](O)Cc1ccc2ncccc2c1. The van der Waals surface area contributed by atoms with Crippen molar-refractivity contribution in [1.29, 1.82) is 0 Å². The Morgan fingerprint density at radius 1 is 1.36 bits per heavy atom. The van der Waals surface area contributed by atoms with Crippen molar-refractivity contribution in [3.05, 3.63) is 42.1 Å². The molecule has 0 amide bonds. The van der Waals surface area contributed by atoms with Gasteiger partial charge in [0.1, 0.15) is 0 Å². The number of pyridine rings is 1. The molecule has 2 rings (SSSR count). The lowest BCUT2D eigenvalue weighted by atomic mass is 10.1. The van der Waals surface area contributed by atoms with Gasteiger partial charge in [-0.2, -0.15) is 0 Å². The van der Waals surface area contributed by atoms with Crippen LogP contribution in [0.15, 0.2) is 36.5 Å². The Kier molecular flexibility index (Phi) is 2.46. The molecule has 0 spiro atoms. The number of fused-ring (bicyclic) bond motifs is 1. The van der Waals surface area contributed by atoms with E-state index in [0.717, 1.165) is 16.5 Å². The van der Waals surface area contributed by atoms with E-state index in [9.17, 15) is 5.11 Å². The van der Waals surface area contributed by atoms with Crippen molar-refractivity contribution in [1.82, 2.24) is 4.98 Å². The van der Waals surface area contributed by atoms with Gasteiger partial charge < -0.3 is 5.11 Å². The summed E-state index contributed by atoms with van der Waals surface area (Å²) in [6, 6.07) is 10.0. The number of aliphatic hydroxyl groups excluding tert-OH is 1. The summed E-state index contributed by atoms with van der Waals surface area (Å²) in [6.07, 6.45) is 2.20. The first kappa shape index (κ1) is 9.16. The van der Waals surface area contributed by atoms with Crippen molar-refractivity contribution in [3.63, 3.8) is 0 Å². The van der Waals surface area contributed by atoms with Crippen LogP contribution in [0.25, 0.3) is 10.9 Å². The van der Waals surface area contributed by atoms with Gasteiger partial charge in [-0.1, -0.05) is 12.1 Å². The highest BCUT2D eigenvalue weighted by atomic mass is 16.3. The Bertz CT molecular complexity index is 437. The van der Waals surface area contributed by atoms with Crippen molar-refractivity contribution in [2.24, 2.45) is 0 Å². The van der Waals surface area contributed by atoms with E-state index in [-0.39, 0.29) is 6.10 Å². The molecule has 1 atom stereocenters. The first-order valence-corrected chi connectivity index (χ1v) is 4.77. The first-order chi connectivity index (χ1) is 6.75. The van der Waals surface area contributed by atoms with Crippen molar-refractivity contribution < 1.29 is 5.11 Å². The second-order valence-corrected chi connectivity index (χ2v) is 3.58. The van der Waals surface area contributed by atoms with Crippen LogP contribution in [0.1, 0.15) is 12.5 Å². The Morgan fingerprint density at radius 3 is 3.00 bits per heavy atom. The van der Waals surface area contributed by atoms with Gasteiger partial charge in [-0.05, 0) is 37.1 Å². The fraction of sp³-hybridized carbons (Fsp3) is 0.250. The third-order valence-corrected chi connectivity index (χ3v) is 2.20. The molecule has 2 heteroatoms. The Morgan fingerprint density at radius 2 is 2.21 bits per heavy atom.